The van der Waals surface area contributed by atoms with E-state index < -0.39 is 11.9 Å². The lowest BCUT2D eigenvalue weighted by molar-refractivity contribution is 0.623. The van der Waals surface area contributed by atoms with Crippen LogP contribution in [0.2, 0.25) is 0 Å². The smallest absolute Gasteiger partial charge is 0.266 e. The Morgan fingerprint density at radius 1 is 1.03 bits per heavy atom. The van der Waals surface area contributed by atoms with Gasteiger partial charge in [-0.25, -0.2) is 29.3 Å². The first kappa shape index (κ1) is 24.5. The molecule has 38 heavy (non-hydrogen) atoms. The molecule has 0 aliphatic carbocycles. The van der Waals surface area contributed by atoms with Gasteiger partial charge in [0.1, 0.15) is 35.2 Å². The zero-order valence-corrected chi connectivity index (χ0v) is 20.9. The Morgan fingerprint density at radius 2 is 1.82 bits per heavy atom. The van der Waals surface area contributed by atoms with Crippen molar-refractivity contribution in [1.82, 2.24) is 29.5 Å². The summed E-state index contributed by atoms with van der Waals surface area (Å²) in [5, 5.41) is 3.72. The largest absolute Gasteiger partial charge is 0.382 e. The molecule has 0 spiro atoms. The summed E-state index contributed by atoms with van der Waals surface area (Å²) in [5.41, 5.74) is 8.52. The van der Waals surface area contributed by atoms with Crippen LogP contribution in [0.1, 0.15) is 41.3 Å². The monoisotopic (exact) mass is 506 g/mol. The first-order valence-corrected chi connectivity index (χ1v) is 11.8. The number of nitrogens with one attached hydrogen (secondary N) is 1. The van der Waals surface area contributed by atoms with E-state index in [0.29, 0.717) is 45.2 Å². The minimum Gasteiger partial charge on any atom is -0.382 e. The highest BCUT2D eigenvalue weighted by Crippen LogP contribution is 2.25. The summed E-state index contributed by atoms with van der Waals surface area (Å²) in [4.78, 5) is 35.2. The van der Waals surface area contributed by atoms with Crippen LogP contribution in [0.15, 0.2) is 66.0 Å². The normalized spacial score (nSPS) is 11.6. The Kier molecular flexibility index (Phi) is 6.49. The van der Waals surface area contributed by atoms with E-state index in [0.717, 1.165) is 5.56 Å². The summed E-state index contributed by atoms with van der Waals surface area (Å²) < 4.78 is 15.9. The van der Waals surface area contributed by atoms with E-state index in [4.69, 9.17) is 10.7 Å². The first-order valence-electron chi connectivity index (χ1n) is 11.8. The van der Waals surface area contributed by atoms with Gasteiger partial charge in [-0.15, -0.1) is 0 Å². The molecule has 5 aromatic rings. The van der Waals surface area contributed by atoms with Gasteiger partial charge in [-0.05, 0) is 68.2 Å². The van der Waals surface area contributed by atoms with Crippen molar-refractivity contribution in [2.75, 3.05) is 11.1 Å². The van der Waals surface area contributed by atoms with E-state index in [1.165, 1.54) is 23.0 Å². The van der Waals surface area contributed by atoms with Gasteiger partial charge in [0.2, 0.25) is 5.82 Å². The van der Waals surface area contributed by atoms with Crippen LogP contribution in [0.25, 0.3) is 16.6 Å². The third-order valence-corrected chi connectivity index (χ3v) is 5.90. The molecule has 3 N–H and O–H groups in total. The molecule has 0 saturated carbocycles. The number of anilines is 2. The minimum atomic E-state index is -0.570. The average Bonchev–Trinajstić information content (AvgIpc) is 2.88. The molecule has 10 heteroatoms. The van der Waals surface area contributed by atoms with Crippen molar-refractivity contribution < 1.29 is 4.39 Å². The SMILES string of the molecule is Cc1cc(F)cc(-n2c(C(C)Nc3ncnc(N)c3C#Cc3ncccn3)nc3cccc(C)c3c2=O)c1. The molecule has 2 aromatic carbocycles. The molecule has 0 saturated heterocycles. The zero-order valence-electron chi connectivity index (χ0n) is 20.9. The number of benzene rings is 2. The number of aromatic nitrogens is 6. The van der Waals surface area contributed by atoms with E-state index in [-0.39, 0.29) is 11.4 Å². The molecule has 3 aromatic heterocycles. The van der Waals surface area contributed by atoms with Gasteiger partial charge >= 0.3 is 0 Å². The number of nitrogen functional groups attached to an aromatic ring is 1. The fourth-order valence-electron chi connectivity index (χ4n) is 4.18. The zero-order chi connectivity index (χ0) is 26.8. The number of nitrogens with zero attached hydrogens (tertiary/aromatic N) is 6. The Balaban J connectivity index is 1.65. The van der Waals surface area contributed by atoms with E-state index in [1.807, 2.05) is 26.0 Å². The Labute approximate surface area is 217 Å². The highest BCUT2D eigenvalue weighted by Gasteiger charge is 2.21. The van der Waals surface area contributed by atoms with E-state index >= 15 is 0 Å². The third kappa shape index (κ3) is 4.77. The van der Waals surface area contributed by atoms with Crippen LogP contribution in [0, 0.1) is 31.5 Å². The molecule has 1 atom stereocenters. The second kappa shape index (κ2) is 10.1. The van der Waals surface area contributed by atoms with Gasteiger partial charge in [-0.1, -0.05) is 18.1 Å². The molecule has 0 bridgehead atoms. The van der Waals surface area contributed by atoms with Crippen LogP contribution in [0.3, 0.4) is 0 Å². The van der Waals surface area contributed by atoms with Gasteiger partial charge in [0, 0.05) is 12.4 Å². The average molecular weight is 507 g/mol. The Bertz CT molecular complexity index is 1770. The number of hydrogen-bond acceptors (Lipinski definition) is 8. The van der Waals surface area contributed by atoms with Gasteiger partial charge in [0.05, 0.1) is 22.6 Å². The predicted octanol–water partition coefficient (Wildman–Crippen LogP) is 3.88. The molecule has 1 unspecified atom stereocenters. The van der Waals surface area contributed by atoms with Crippen LogP contribution in [-0.4, -0.2) is 29.5 Å². The molecule has 9 nitrogen and oxygen atoms in total. The van der Waals surface area contributed by atoms with Gasteiger partial charge in [-0.2, -0.15) is 0 Å². The fourth-order valence-corrected chi connectivity index (χ4v) is 4.18. The number of nitrogens with two attached hydrogens (primary N) is 1. The van der Waals surface area contributed by atoms with Crippen LogP contribution in [0.4, 0.5) is 16.0 Å². The van der Waals surface area contributed by atoms with Crippen molar-refractivity contribution in [3.63, 3.8) is 0 Å². The molecule has 188 valence electrons. The quantitative estimate of drug-likeness (QED) is 0.352. The number of fused-ring (bicyclic) bond motifs is 1. The summed E-state index contributed by atoms with van der Waals surface area (Å²) >= 11 is 0. The lowest BCUT2D eigenvalue weighted by Crippen LogP contribution is -2.28. The molecular formula is C28H23FN8O. The Hall–Kier alpha value is -5.17. The minimum absolute atomic E-state index is 0.165. The highest BCUT2D eigenvalue weighted by atomic mass is 19.1. The van der Waals surface area contributed by atoms with Crippen molar-refractivity contribution in [2.45, 2.75) is 26.8 Å². The molecule has 0 radical (unpaired) electrons. The molecule has 3 heterocycles. The summed E-state index contributed by atoms with van der Waals surface area (Å²) in [5.74, 6) is 6.53. The van der Waals surface area contributed by atoms with E-state index in [9.17, 15) is 9.18 Å². The highest BCUT2D eigenvalue weighted by molar-refractivity contribution is 5.81. The third-order valence-electron chi connectivity index (χ3n) is 5.90. The number of halogens is 1. The van der Waals surface area contributed by atoms with Crippen molar-refractivity contribution >= 4 is 22.5 Å². The van der Waals surface area contributed by atoms with Gasteiger partial charge in [-0.3, -0.25) is 9.36 Å². The van der Waals surface area contributed by atoms with Crippen LogP contribution >= 0.6 is 0 Å². The number of aryl methyl sites for hydroxylation is 2. The van der Waals surface area contributed by atoms with Gasteiger partial charge in [0.15, 0.2) is 0 Å². The maximum atomic E-state index is 14.4. The van der Waals surface area contributed by atoms with E-state index in [2.05, 4.69) is 37.1 Å². The predicted molar refractivity (Wildman–Crippen MR) is 143 cm³/mol. The molecule has 0 aliphatic rings. The molecule has 5 rings (SSSR count). The van der Waals surface area contributed by atoms with Gasteiger partial charge in [0.25, 0.3) is 5.56 Å². The summed E-state index contributed by atoms with van der Waals surface area (Å²) in [7, 11) is 0. The Morgan fingerprint density at radius 3 is 2.58 bits per heavy atom. The van der Waals surface area contributed by atoms with Crippen LogP contribution < -0.4 is 16.6 Å². The summed E-state index contributed by atoms with van der Waals surface area (Å²) in [6.45, 7) is 5.44. The fraction of sp³-hybridized carbons (Fsp3) is 0.143. The number of rotatable bonds is 4. The van der Waals surface area contributed by atoms with Crippen LogP contribution in [-0.2, 0) is 0 Å². The lowest BCUT2D eigenvalue weighted by Gasteiger charge is -2.21. The summed E-state index contributed by atoms with van der Waals surface area (Å²) in [6.07, 6.45) is 4.49. The second-order valence-corrected chi connectivity index (χ2v) is 8.74. The van der Waals surface area contributed by atoms with Crippen molar-refractivity contribution in [2.24, 2.45) is 0 Å². The van der Waals surface area contributed by atoms with Crippen molar-refractivity contribution in [3.05, 3.63) is 106 Å². The standard InChI is InChI=1S/C28H23FN8O/c1-16-12-19(29)14-20(13-16)37-27(36-22-7-4-6-17(2)24(22)28(37)38)18(3)35-26-21(25(30)33-15-34-26)8-9-23-31-10-5-11-32-23/h4-7,10-15,18H,1-3H3,(H3,30,33,34,35). The van der Waals surface area contributed by atoms with E-state index in [1.54, 1.807) is 37.5 Å². The van der Waals surface area contributed by atoms with Crippen LogP contribution in [0.5, 0.6) is 0 Å². The topological polar surface area (TPSA) is 124 Å². The van der Waals surface area contributed by atoms with Crippen molar-refractivity contribution in [3.8, 4) is 17.5 Å². The lowest BCUT2D eigenvalue weighted by atomic mass is 10.1. The molecule has 0 fully saturated rings. The van der Waals surface area contributed by atoms with Gasteiger partial charge < -0.3 is 11.1 Å². The first-order chi connectivity index (χ1) is 18.3. The summed E-state index contributed by atoms with van der Waals surface area (Å²) in [6, 6.07) is 11.0. The van der Waals surface area contributed by atoms with Crippen molar-refractivity contribution in [1.29, 1.82) is 0 Å². The molecule has 0 amide bonds. The molecule has 0 aliphatic heterocycles. The second-order valence-electron chi connectivity index (χ2n) is 8.74. The molecular weight excluding hydrogens is 483 g/mol. The number of hydrogen-bond donors (Lipinski definition) is 2. The maximum absolute atomic E-state index is 14.4. The maximum Gasteiger partial charge on any atom is 0.266 e.